The average Bonchev–Trinajstić information content (AvgIpc) is 2.86. The molecule has 3 nitrogen and oxygen atoms in total. The van der Waals surface area contributed by atoms with E-state index in [1.165, 1.54) is 31.3 Å². The van der Waals surface area contributed by atoms with Crippen molar-refractivity contribution in [1.29, 1.82) is 0 Å². The third-order valence-electron chi connectivity index (χ3n) is 6.66. The Labute approximate surface area is 145 Å². The van der Waals surface area contributed by atoms with Gasteiger partial charge in [-0.3, -0.25) is 0 Å². The van der Waals surface area contributed by atoms with Crippen LogP contribution >= 0.6 is 0 Å². The van der Waals surface area contributed by atoms with E-state index in [1.807, 2.05) is 6.08 Å². The minimum Gasteiger partial charge on any atom is -0.428 e. The molecule has 0 aromatic heterocycles. The number of cyclic esters (lactones) is 1. The van der Waals surface area contributed by atoms with Gasteiger partial charge in [-0.1, -0.05) is 51.5 Å². The molecule has 3 aliphatic rings. The summed E-state index contributed by atoms with van der Waals surface area (Å²) < 4.78 is 10.2. The predicted octanol–water partition coefficient (Wildman–Crippen LogP) is 4.80. The number of fused-ring (bicyclic) bond motifs is 1. The van der Waals surface area contributed by atoms with Gasteiger partial charge in [-0.15, -0.1) is 0 Å². The topological polar surface area (TPSA) is 35.5 Å². The molecule has 0 spiro atoms. The van der Waals surface area contributed by atoms with Gasteiger partial charge in [0.2, 0.25) is 6.29 Å². The molecule has 2 unspecified atom stereocenters. The van der Waals surface area contributed by atoms with Crippen LogP contribution in [0.3, 0.4) is 0 Å². The fourth-order valence-corrected chi connectivity index (χ4v) is 5.43. The van der Waals surface area contributed by atoms with E-state index >= 15 is 0 Å². The van der Waals surface area contributed by atoms with Crippen LogP contribution < -0.4 is 0 Å². The Morgan fingerprint density at radius 3 is 2.75 bits per heavy atom. The Morgan fingerprint density at radius 2 is 2.08 bits per heavy atom. The lowest BCUT2D eigenvalue weighted by molar-refractivity contribution is -0.154. The summed E-state index contributed by atoms with van der Waals surface area (Å²) in [5.41, 5.74) is 2.51. The van der Waals surface area contributed by atoms with Gasteiger partial charge >= 0.3 is 5.97 Å². The van der Waals surface area contributed by atoms with E-state index in [4.69, 9.17) is 9.47 Å². The molecule has 0 bridgehead atoms. The first kappa shape index (κ1) is 17.5. The zero-order chi connectivity index (χ0) is 17.5. The van der Waals surface area contributed by atoms with Gasteiger partial charge in [0.1, 0.15) is 0 Å². The van der Waals surface area contributed by atoms with Gasteiger partial charge in [-0.05, 0) is 48.5 Å². The third kappa shape index (κ3) is 2.88. The summed E-state index contributed by atoms with van der Waals surface area (Å²) in [5, 5.41) is 0. The van der Waals surface area contributed by atoms with Crippen molar-refractivity contribution < 1.29 is 14.3 Å². The second kappa shape index (κ2) is 6.18. The van der Waals surface area contributed by atoms with Crippen LogP contribution in [0.1, 0.15) is 52.9 Å². The smallest absolute Gasteiger partial charge is 0.340 e. The van der Waals surface area contributed by atoms with E-state index in [-0.39, 0.29) is 11.4 Å². The zero-order valence-electron chi connectivity index (χ0n) is 15.4. The SMILES string of the molecule is C=C1CCC2C(C)(C)CCC[C@]2(C)[C@H]1/C=C/C1=CC(OC)OC1=O. The number of allylic oxidation sites excluding steroid dienone is 2. The van der Waals surface area contributed by atoms with Crippen molar-refractivity contribution in [3.8, 4) is 0 Å². The van der Waals surface area contributed by atoms with Gasteiger partial charge < -0.3 is 9.47 Å². The molecule has 0 amide bonds. The Bertz CT molecular complexity index is 598. The molecule has 0 N–H and O–H groups in total. The molecule has 132 valence electrons. The number of esters is 1. The molecule has 1 aliphatic heterocycles. The monoisotopic (exact) mass is 330 g/mol. The van der Waals surface area contributed by atoms with Crippen molar-refractivity contribution in [3.63, 3.8) is 0 Å². The molecule has 2 fully saturated rings. The summed E-state index contributed by atoms with van der Waals surface area (Å²) in [4.78, 5) is 11.9. The van der Waals surface area contributed by atoms with E-state index in [0.29, 0.717) is 22.8 Å². The number of hydrogen-bond donors (Lipinski definition) is 0. The second-order valence-corrected chi connectivity index (χ2v) is 8.57. The lowest BCUT2D eigenvalue weighted by atomic mass is 9.47. The highest BCUT2D eigenvalue weighted by molar-refractivity contribution is 5.93. The van der Waals surface area contributed by atoms with Crippen LogP contribution in [0.25, 0.3) is 0 Å². The lowest BCUT2D eigenvalue weighted by Crippen LogP contribution is -2.48. The minimum atomic E-state index is -0.552. The fourth-order valence-electron chi connectivity index (χ4n) is 5.43. The first-order valence-corrected chi connectivity index (χ1v) is 9.09. The standard InChI is InChI=1S/C21H30O3/c1-14-7-10-17-20(2,3)11-6-12-21(17,4)16(14)9-8-15-13-18(23-5)24-19(15)22/h8-9,13,16-18H,1,6-7,10-12H2,2-5H3/b9-8+/t16-,17?,18?,21+/m0/s1. The van der Waals surface area contributed by atoms with Crippen molar-refractivity contribution >= 4 is 5.97 Å². The summed E-state index contributed by atoms with van der Waals surface area (Å²) in [7, 11) is 1.54. The van der Waals surface area contributed by atoms with Gasteiger partial charge in [0, 0.05) is 13.0 Å². The normalized spacial score (nSPS) is 38.8. The van der Waals surface area contributed by atoms with Crippen molar-refractivity contribution in [1.82, 2.24) is 0 Å². The van der Waals surface area contributed by atoms with Crippen molar-refractivity contribution in [2.45, 2.75) is 59.2 Å². The molecule has 0 saturated heterocycles. The van der Waals surface area contributed by atoms with Crippen molar-refractivity contribution in [2.24, 2.45) is 22.7 Å². The zero-order valence-corrected chi connectivity index (χ0v) is 15.4. The molecule has 0 radical (unpaired) electrons. The van der Waals surface area contributed by atoms with Gasteiger partial charge in [-0.2, -0.15) is 0 Å². The number of hydrogen-bond acceptors (Lipinski definition) is 3. The Balaban J connectivity index is 1.87. The summed E-state index contributed by atoms with van der Waals surface area (Å²) in [6, 6.07) is 0. The molecule has 2 aliphatic carbocycles. The summed E-state index contributed by atoms with van der Waals surface area (Å²) in [6.07, 6.45) is 11.5. The first-order valence-electron chi connectivity index (χ1n) is 9.09. The quantitative estimate of drug-likeness (QED) is 0.551. The van der Waals surface area contributed by atoms with E-state index in [9.17, 15) is 4.79 Å². The highest BCUT2D eigenvalue weighted by atomic mass is 16.7. The number of carbonyl (C=O) groups excluding carboxylic acids is 1. The molecule has 0 aromatic rings. The fraction of sp³-hybridized carbons (Fsp3) is 0.667. The van der Waals surface area contributed by atoms with E-state index in [2.05, 4.69) is 33.4 Å². The highest BCUT2D eigenvalue weighted by Gasteiger charge is 2.52. The molecular formula is C21H30O3. The summed E-state index contributed by atoms with van der Waals surface area (Å²) >= 11 is 0. The van der Waals surface area contributed by atoms with Gasteiger partial charge in [0.25, 0.3) is 0 Å². The van der Waals surface area contributed by atoms with E-state index < -0.39 is 6.29 Å². The largest absolute Gasteiger partial charge is 0.428 e. The van der Waals surface area contributed by atoms with E-state index in [0.717, 1.165) is 6.42 Å². The van der Waals surface area contributed by atoms with Crippen molar-refractivity contribution in [2.75, 3.05) is 7.11 Å². The number of carbonyl (C=O) groups is 1. The van der Waals surface area contributed by atoms with Crippen LogP contribution in [-0.2, 0) is 14.3 Å². The van der Waals surface area contributed by atoms with Gasteiger partial charge in [-0.25, -0.2) is 4.79 Å². The second-order valence-electron chi connectivity index (χ2n) is 8.57. The van der Waals surface area contributed by atoms with Gasteiger partial charge in [0.15, 0.2) is 0 Å². The Kier molecular flexibility index (Phi) is 4.50. The molecular weight excluding hydrogens is 300 g/mol. The summed E-state index contributed by atoms with van der Waals surface area (Å²) in [5.74, 6) is 0.728. The maximum absolute atomic E-state index is 11.9. The van der Waals surface area contributed by atoms with Crippen molar-refractivity contribution in [3.05, 3.63) is 36.0 Å². The van der Waals surface area contributed by atoms with E-state index in [1.54, 1.807) is 13.2 Å². The summed E-state index contributed by atoms with van der Waals surface area (Å²) in [6.45, 7) is 11.6. The van der Waals surface area contributed by atoms with Crippen LogP contribution in [0.2, 0.25) is 0 Å². The molecule has 4 atom stereocenters. The average molecular weight is 330 g/mol. The molecule has 2 saturated carbocycles. The number of ether oxygens (including phenoxy) is 2. The third-order valence-corrected chi connectivity index (χ3v) is 6.66. The molecule has 1 heterocycles. The predicted molar refractivity (Wildman–Crippen MR) is 95.2 cm³/mol. The number of rotatable bonds is 3. The maximum atomic E-state index is 11.9. The van der Waals surface area contributed by atoms with Crippen LogP contribution in [-0.4, -0.2) is 19.4 Å². The molecule has 3 rings (SSSR count). The van der Waals surface area contributed by atoms with Crippen LogP contribution in [0, 0.1) is 22.7 Å². The van der Waals surface area contributed by atoms with Crippen LogP contribution in [0.15, 0.2) is 36.0 Å². The Hall–Kier alpha value is -1.35. The molecule has 3 heteroatoms. The minimum absolute atomic E-state index is 0.233. The first-order chi connectivity index (χ1) is 11.3. The lowest BCUT2D eigenvalue weighted by Gasteiger charge is -2.57. The molecule has 0 aromatic carbocycles. The number of methoxy groups -OCH3 is 1. The van der Waals surface area contributed by atoms with Gasteiger partial charge in [0.05, 0.1) is 5.57 Å². The Morgan fingerprint density at radius 1 is 1.33 bits per heavy atom. The van der Waals surface area contributed by atoms with Crippen LogP contribution in [0.5, 0.6) is 0 Å². The molecule has 24 heavy (non-hydrogen) atoms. The van der Waals surface area contributed by atoms with Crippen LogP contribution in [0.4, 0.5) is 0 Å². The maximum Gasteiger partial charge on any atom is 0.340 e. The highest BCUT2D eigenvalue weighted by Crippen LogP contribution is 2.61.